The van der Waals surface area contributed by atoms with E-state index in [0.717, 1.165) is 0 Å². The van der Waals surface area contributed by atoms with Crippen LogP contribution in [0.15, 0.2) is 36.4 Å². The van der Waals surface area contributed by atoms with Crippen LogP contribution in [0.25, 0.3) is 0 Å². The van der Waals surface area contributed by atoms with E-state index < -0.39 is 27.8 Å². The first-order valence-corrected chi connectivity index (χ1v) is 13.0. The van der Waals surface area contributed by atoms with E-state index in [9.17, 15) is 23.3 Å². The van der Waals surface area contributed by atoms with Crippen molar-refractivity contribution in [2.24, 2.45) is 5.92 Å². The van der Waals surface area contributed by atoms with E-state index in [0.29, 0.717) is 37.3 Å². The van der Waals surface area contributed by atoms with Crippen molar-refractivity contribution >= 4 is 27.7 Å². The molecule has 0 saturated carbocycles. The zero-order valence-electron chi connectivity index (χ0n) is 19.7. The highest BCUT2D eigenvalue weighted by atomic mass is 32.2. The fraction of sp³-hybridized carbons (Fsp3) is 0.417. The van der Waals surface area contributed by atoms with Crippen molar-refractivity contribution in [2.75, 3.05) is 31.2 Å². The molecular weight excluding hydrogens is 472 g/mol. The number of nitriles is 1. The Hall–Kier alpha value is -3.65. The summed E-state index contributed by atoms with van der Waals surface area (Å²) in [6.45, 7) is 4.63. The number of sulfonamides is 1. The summed E-state index contributed by atoms with van der Waals surface area (Å²) in [7, 11) is -3.82. The molecule has 0 radical (unpaired) electrons. The Morgan fingerprint density at radius 3 is 2.46 bits per heavy atom. The number of anilines is 1. The molecular formula is C24H28N4O6S. The number of pyridine rings is 1. The number of carbonyl (C=O) groups is 2. The summed E-state index contributed by atoms with van der Waals surface area (Å²) in [5.41, 5.74) is 0.853. The summed E-state index contributed by atoms with van der Waals surface area (Å²) in [6, 6.07) is 12.1. The van der Waals surface area contributed by atoms with Crippen molar-refractivity contribution in [1.29, 1.82) is 5.26 Å². The van der Waals surface area contributed by atoms with E-state index in [2.05, 4.69) is 15.8 Å². The van der Waals surface area contributed by atoms with Gasteiger partial charge >= 0.3 is 5.97 Å². The summed E-state index contributed by atoms with van der Waals surface area (Å²) >= 11 is 0. The number of piperidine rings is 1. The molecule has 1 saturated heterocycles. The van der Waals surface area contributed by atoms with Gasteiger partial charge in [-0.2, -0.15) is 10.2 Å². The largest absolute Gasteiger partial charge is 0.477 e. The second-order valence-corrected chi connectivity index (χ2v) is 9.67. The lowest BCUT2D eigenvalue weighted by molar-refractivity contribution is -0.123. The summed E-state index contributed by atoms with van der Waals surface area (Å²) in [4.78, 5) is 31.2. The maximum Gasteiger partial charge on any atom is 0.343 e. The van der Waals surface area contributed by atoms with Crippen LogP contribution < -0.4 is 14.4 Å². The molecule has 1 aliphatic rings. The van der Waals surface area contributed by atoms with Crippen LogP contribution in [0.4, 0.5) is 5.82 Å². The van der Waals surface area contributed by atoms with E-state index >= 15 is 0 Å². The molecule has 2 heterocycles. The van der Waals surface area contributed by atoms with Gasteiger partial charge in [-0.1, -0.05) is 30.3 Å². The monoisotopic (exact) mass is 500 g/mol. The molecule has 0 spiro atoms. The van der Waals surface area contributed by atoms with Gasteiger partial charge in [0.05, 0.1) is 24.5 Å². The first-order valence-electron chi connectivity index (χ1n) is 11.4. The average Bonchev–Trinajstić information content (AvgIpc) is 2.84. The van der Waals surface area contributed by atoms with Gasteiger partial charge in [-0.15, -0.1) is 0 Å². The SMILES string of the molecule is CCOC(=O)c1cc(C#N)c(N2CCC(C(=O)NS(=O)(=O)Cc3ccccc3)CC2)nc1OCC. The molecule has 35 heavy (non-hydrogen) atoms. The van der Waals surface area contributed by atoms with E-state index in [1.165, 1.54) is 6.07 Å². The predicted octanol–water partition coefficient (Wildman–Crippen LogP) is 2.39. The van der Waals surface area contributed by atoms with E-state index in [4.69, 9.17) is 9.47 Å². The third-order valence-corrected chi connectivity index (χ3v) is 6.71. The van der Waals surface area contributed by atoms with Crippen molar-refractivity contribution < 1.29 is 27.5 Å². The summed E-state index contributed by atoms with van der Waals surface area (Å²) in [5.74, 6) is -1.51. The fourth-order valence-electron chi connectivity index (χ4n) is 3.83. The molecule has 0 aliphatic carbocycles. The predicted molar refractivity (Wildman–Crippen MR) is 128 cm³/mol. The number of rotatable bonds is 9. The van der Waals surface area contributed by atoms with Crippen LogP contribution in [0, 0.1) is 17.2 Å². The van der Waals surface area contributed by atoms with Gasteiger partial charge in [0.15, 0.2) is 5.82 Å². The van der Waals surface area contributed by atoms with Gasteiger partial charge in [0.2, 0.25) is 21.8 Å². The highest BCUT2D eigenvalue weighted by Crippen LogP contribution is 2.30. The van der Waals surface area contributed by atoms with E-state index in [1.54, 1.807) is 44.2 Å². The molecule has 1 N–H and O–H groups in total. The Balaban J connectivity index is 1.69. The number of aromatic nitrogens is 1. The minimum absolute atomic E-state index is 0.0758. The molecule has 0 unspecified atom stereocenters. The lowest BCUT2D eigenvalue weighted by Gasteiger charge is -2.32. The number of carbonyl (C=O) groups excluding carboxylic acids is 2. The molecule has 0 bridgehead atoms. The normalized spacial score (nSPS) is 14.1. The van der Waals surface area contributed by atoms with Crippen molar-refractivity contribution in [1.82, 2.24) is 9.71 Å². The summed E-state index contributed by atoms with van der Waals surface area (Å²) < 4.78 is 37.6. The molecule has 1 aromatic carbocycles. The minimum atomic E-state index is -3.82. The van der Waals surface area contributed by atoms with Crippen molar-refractivity contribution in [3.8, 4) is 11.9 Å². The van der Waals surface area contributed by atoms with Gasteiger partial charge in [0.25, 0.3) is 0 Å². The Kier molecular flexibility index (Phi) is 8.65. The smallest absolute Gasteiger partial charge is 0.343 e. The van der Waals surface area contributed by atoms with E-state index in [1.807, 2.05) is 4.90 Å². The molecule has 0 atom stereocenters. The average molecular weight is 501 g/mol. The zero-order chi connectivity index (χ0) is 25.4. The minimum Gasteiger partial charge on any atom is -0.477 e. The Labute approximate surface area is 204 Å². The molecule has 1 amide bonds. The van der Waals surface area contributed by atoms with Crippen LogP contribution in [0.3, 0.4) is 0 Å². The maximum atomic E-state index is 12.6. The summed E-state index contributed by atoms with van der Waals surface area (Å²) in [6.07, 6.45) is 0.756. The first kappa shape index (κ1) is 26.0. The zero-order valence-corrected chi connectivity index (χ0v) is 20.5. The van der Waals surface area contributed by atoms with Crippen molar-refractivity contribution in [3.05, 3.63) is 53.1 Å². The van der Waals surface area contributed by atoms with Crippen LogP contribution in [0.2, 0.25) is 0 Å². The molecule has 1 aliphatic heterocycles. The Bertz CT molecular complexity index is 1200. The number of hydrogen-bond donors (Lipinski definition) is 1. The molecule has 10 nitrogen and oxygen atoms in total. The van der Waals surface area contributed by atoms with Gasteiger partial charge < -0.3 is 14.4 Å². The third kappa shape index (κ3) is 6.70. The van der Waals surface area contributed by atoms with Crippen molar-refractivity contribution in [3.63, 3.8) is 0 Å². The fourth-order valence-corrected chi connectivity index (χ4v) is 5.01. The van der Waals surface area contributed by atoms with Gasteiger partial charge in [-0.25, -0.2) is 13.2 Å². The van der Waals surface area contributed by atoms with Crippen LogP contribution >= 0.6 is 0 Å². The second kappa shape index (κ2) is 11.7. The third-order valence-electron chi connectivity index (χ3n) is 5.49. The van der Waals surface area contributed by atoms with Crippen molar-refractivity contribution in [2.45, 2.75) is 32.4 Å². The number of ether oxygens (including phenoxy) is 2. The lowest BCUT2D eigenvalue weighted by Crippen LogP contribution is -2.43. The summed E-state index contributed by atoms with van der Waals surface area (Å²) in [5, 5.41) is 9.65. The number of nitrogens with one attached hydrogen (secondary N) is 1. The van der Waals surface area contributed by atoms with Crippen LogP contribution in [0.5, 0.6) is 5.88 Å². The number of hydrogen-bond acceptors (Lipinski definition) is 9. The van der Waals surface area contributed by atoms with Crippen LogP contribution in [0.1, 0.15) is 48.2 Å². The van der Waals surface area contributed by atoms with Gasteiger partial charge in [-0.3, -0.25) is 9.52 Å². The van der Waals surface area contributed by atoms with Gasteiger partial charge in [-0.05, 0) is 38.3 Å². The molecule has 186 valence electrons. The quantitative estimate of drug-likeness (QED) is 0.514. The molecule has 1 aromatic heterocycles. The first-order chi connectivity index (χ1) is 16.8. The molecule has 2 aromatic rings. The molecule has 1 fully saturated rings. The molecule has 3 rings (SSSR count). The van der Waals surface area contributed by atoms with Gasteiger partial charge in [0, 0.05) is 19.0 Å². The standard InChI is InChI=1S/C24H28N4O6S/c1-3-33-23-20(24(30)34-4-2)14-19(15-25)21(26-23)28-12-10-18(11-13-28)22(29)27-35(31,32)16-17-8-6-5-7-9-17/h5-9,14,18H,3-4,10-13,16H2,1-2H3,(H,27,29). The number of amides is 1. The number of nitrogens with zero attached hydrogens (tertiary/aromatic N) is 3. The highest BCUT2D eigenvalue weighted by molar-refractivity contribution is 7.89. The van der Waals surface area contributed by atoms with Crippen LogP contribution in [-0.4, -0.2) is 51.6 Å². The topological polar surface area (TPSA) is 139 Å². The van der Waals surface area contributed by atoms with Gasteiger partial charge in [0.1, 0.15) is 11.6 Å². The maximum absolute atomic E-state index is 12.6. The Morgan fingerprint density at radius 1 is 1.17 bits per heavy atom. The highest BCUT2D eigenvalue weighted by Gasteiger charge is 2.30. The van der Waals surface area contributed by atoms with Crippen LogP contribution in [-0.2, 0) is 25.3 Å². The Morgan fingerprint density at radius 2 is 1.86 bits per heavy atom. The second-order valence-electron chi connectivity index (χ2n) is 7.95. The lowest BCUT2D eigenvalue weighted by atomic mass is 9.96. The number of benzene rings is 1. The van der Waals surface area contributed by atoms with E-state index in [-0.39, 0.29) is 36.0 Å². The number of esters is 1. The molecule has 11 heteroatoms.